The van der Waals surface area contributed by atoms with E-state index in [0.717, 1.165) is 17.5 Å². The number of fused-ring (bicyclic) bond motifs is 4. The van der Waals surface area contributed by atoms with Gasteiger partial charge in [0.2, 0.25) is 0 Å². The zero-order valence-electron chi connectivity index (χ0n) is 17.7. The summed E-state index contributed by atoms with van der Waals surface area (Å²) in [5.41, 5.74) is 6.07. The molecule has 2 heterocycles. The van der Waals surface area contributed by atoms with E-state index in [9.17, 15) is 4.79 Å². The van der Waals surface area contributed by atoms with E-state index >= 15 is 0 Å². The van der Waals surface area contributed by atoms with E-state index in [2.05, 4.69) is 22.3 Å². The summed E-state index contributed by atoms with van der Waals surface area (Å²) in [6, 6.07) is 12.0. The van der Waals surface area contributed by atoms with Gasteiger partial charge in [-0.1, -0.05) is 25.0 Å². The van der Waals surface area contributed by atoms with Crippen molar-refractivity contribution in [3.05, 3.63) is 53.1 Å². The zero-order valence-corrected chi connectivity index (χ0v) is 17.7. The maximum atomic E-state index is 13.1. The Hall–Kier alpha value is -2.49. The predicted octanol–water partition coefficient (Wildman–Crippen LogP) is 5.55. The highest BCUT2D eigenvalue weighted by Crippen LogP contribution is 2.56. The van der Waals surface area contributed by atoms with Crippen molar-refractivity contribution in [2.24, 2.45) is 11.8 Å². The van der Waals surface area contributed by atoms with Gasteiger partial charge in [-0.15, -0.1) is 0 Å². The van der Waals surface area contributed by atoms with E-state index in [-0.39, 0.29) is 5.91 Å². The van der Waals surface area contributed by atoms with Crippen LogP contribution in [-0.2, 0) is 0 Å². The Bertz CT molecular complexity index is 955. The van der Waals surface area contributed by atoms with Crippen molar-refractivity contribution in [2.75, 3.05) is 30.4 Å². The van der Waals surface area contributed by atoms with Gasteiger partial charge < -0.3 is 15.0 Å². The van der Waals surface area contributed by atoms with Gasteiger partial charge in [0.05, 0.1) is 12.7 Å². The van der Waals surface area contributed by atoms with Gasteiger partial charge >= 0.3 is 0 Å². The Morgan fingerprint density at radius 3 is 2.23 bits per heavy atom. The fourth-order valence-electron chi connectivity index (χ4n) is 6.87. The maximum absolute atomic E-state index is 13.1. The maximum Gasteiger partial charge on any atom is 0.259 e. The summed E-state index contributed by atoms with van der Waals surface area (Å²) in [5, 5.41) is 3.22. The third-order valence-corrected chi connectivity index (χ3v) is 8.12. The first-order valence-electron chi connectivity index (χ1n) is 11.6. The average molecular weight is 403 g/mol. The highest BCUT2D eigenvalue weighted by molar-refractivity contribution is 6.06. The average Bonchev–Trinajstić information content (AvgIpc) is 3.43. The third kappa shape index (κ3) is 2.76. The molecule has 156 valence electrons. The van der Waals surface area contributed by atoms with Crippen LogP contribution in [0.1, 0.15) is 71.8 Å². The molecule has 6 rings (SSSR count). The van der Waals surface area contributed by atoms with E-state index in [4.69, 9.17) is 4.74 Å². The Kier molecular flexibility index (Phi) is 4.29. The Morgan fingerprint density at radius 1 is 0.967 bits per heavy atom. The zero-order chi connectivity index (χ0) is 20.2. The number of carbonyl (C=O) groups excluding carboxylic acids is 1. The molecule has 4 atom stereocenters. The number of anilines is 2. The van der Waals surface area contributed by atoms with Crippen molar-refractivity contribution in [1.82, 2.24) is 0 Å². The molecule has 2 saturated carbocycles. The van der Waals surface area contributed by atoms with Crippen molar-refractivity contribution in [3.63, 3.8) is 0 Å². The van der Waals surface area contributed by atoms with Crippen molar-refractivity contribution in [3.8, 4) is 5.75 Å². The lowest BCUT2D eigenvalue weighted by Crippen LogP contribution is -2.43. The molecule has 4 aliphatic rings. The number of nitrogens with one attached hydrogen (secondary N) is 1. The van der Waals surface area contributed by atoms with Gasteiger partial charge in [0.15, 0.2) is 0 Å². The quantitative estimate of drug-likeness (QED) is 0.732. The first kappa shape index (κ1) is 18.3. The van der Waals surface area contributed by atoms with Crippen LogP contribution in [0.2, 0.25) is 0 Å². The molecule has 1 N–H and O–H groups in total. The highest BCUT2D eigenvalue weighted by Gasteiger charge is 2.44. The number of para-hydroxylation sites is 1. The van der Waals surface area contributed by atoms with Crippen molar-refractivity contribution >= 4 is 17.3 Å². The minimum absolute atomic E-state index is 0.0889. The van der Waals surface area contributed by atoms with E-state index in [0.29, 0.717) is 23.1 Å². The fraction of sp³-hybridized carbons (Fsp3) is 0.500. The van der Waals surface area contributed by atoms with Crippen LogP contribution in [0.15, 0.2) is 36.4 Å². The minimum atomic E-state index is -0.0889. The molecule has 30 heavy (non-hydrogen) atoms. The predicted molar refractivity (Wildman–Crippen MR) is 120 cm³/mol. The van der Waals surface area contributed by atoms with Crippen LogP contribution in [0, 0.1) is 11.8 Å². The summed E-state index contributed by atoms with van der Waals surface area (Å²) >= 11 is 0. The standard InChI is InChI=1S/C26H30N2O2/c1-30-24-11-3-2-8-21(24)26(29)27-18-12-22-19-9-4-6-16(19)14-28-15-17-7-5-10-20(17)23(13-18)25(22)28/h2-3,8,11-13,16-17,19-20H,4-7,9-10,14-15H2,1H3,(H,27,29)/t16-,17-,19-,20+/m1/s1. The molecule has 0 bridgehead atoms. The van der Waals surface area contributed by atoms with Gasteiger partial charge in [-0.3, -0.25) is 4.79 Å². The molecule has 4 nitrogen and oxygen atoms in total. The van der Waals surface area contributed by atoms with E-state index in [1.165, 1.54) is 68.4 Å². The minimum Gasteiger partial charge on any atom is -0.496 e. The molecular formula is C26H30N2O2. The number of hydrogen-bond acceptors (Lipinski definition) is 3. The van der Waals surface area contributed by atoms with E-state index in [1.807, 2.05) is 24.3 Å². The lowest BCUT2D eigenvalue weighted by Gasteiger charge is -2.46. The number of amides is 1. The highest BCUT2D eigenvalue weighted by atomic mass is 16.5. The summed E-state index contributed by atoms with van der Waals surface area (Å²) in [4.78, 5) is 15.8. The van der Waals surface area contributed by atoms with Gasteiger partial charge in [-0.05, 0) is 84.7 Å². The molecule has 0 spiro atoms. The van der Waals surface area contributed by atoms with Gasteiger partial charge in [0.1, 0.15) is 5.75 Å². The first-order valence-corrected chi connectivity index (χ1v) is 11.6. The number of carbonyl (C=O) groups is 1. The Labute approximate surface area is 178 Å². The lowest BCUT2D eigenvalue weighted by molar-refractivity contribution is 0.102. The van der Waals surface area contributed by atoms with Gasteiger partial charge in [0.25, 0.3) is 5.91 Å². The molecular weight excluding hydrogens is 372 g/mol. The molecule has 2 aliphatic carbocycles. The van der Waals surface area contributed by atoms with Crippen LogP contribution in [-0.4, -0.2) is 26.1 Å². The van der Waals surface area contributed by atoms with Crippen LogP contribution in [0.3, 0.4) is 0 Å². The molecule has 1 amide bonds. The Balaban J connectivity index is 1.42. The summed E-state index contributed by atoms with van der Waals surface area (Å²) in [6.07, 6.45) is 7.96. The van der Waals surface area contributed by atoms with Crippen LogP contribution < -0.4 is 15.0 Å². The Morgan fingerprint density at radius 2 is 1.60 bits per heavy atom. The molecule has 0 radical (unpaired) electrons. The molecule has 4 heteroatoms. The van der Waals surface area contributed by atoms with Crippen molar-refractivity contribution in [1.29, 1.82) is 0 Å². The van der Waals surface area contributed by atoms with E-state index < -0.39 is 0 Å². The topological polar surface area (TPSA) is 41.6 Å². The van der Waals surface area contributed by atoms with Crippen LogP contribution in [0.25, 0.3) is 0 Å². The first-order chi connectivity index (χ1) is 14.7. The van der Waals surface area contributed by atoms with Crippen molar-refractivity contribution < 1.29 is 9.53 Å². The fourth-order valence-corrected chi connectivity index (χ4v) is 6.87. The SMILES string of the molecule is COc1ccccc1C(=O)Nc1cc2c3c(c1)[C@@H]1CCC[C@@H]1CN3C[C@H]1CCC[C@H]21. The number of rotatable bonds is 3. The number of benzene rings is 2. The number of methoxy groups -OCH3 is 1. The van der Waals surface area contributed by atoms with Crippen LogP contribution >= 0.6 is 0 Å². The number of ether oxygens (including phenoxy) is 1. The second-order valence-corrected chi connectivity index (χ2v) is 9.66. The largest absolute Gasteiger partial charge is 0.496 e. The molecule has 2 aliphatic heterocycles. The molecule has 0 aromatic heterocycles. The van der Waals surface area contributed by atoms with Crippen molar-refractivity contribution in [2.45, 2.75) is 50.4 Å². The molecule has 0 unspecified atom stereocenters. The number of hydrogen-bond donors (Lipinski definition) is 1. The lowest BCUT2D eigenvalue weighted by atomic mass is 9.75. The smallest absolute Gasteiger partial charge is 0.259 e. The van der Waals surface area contributed by atoms with E-state index in [1.54, 1.807) is 7.11 Å². The van der Waals surface area contributed by atoms with Gasteiger partial charge in [0, 0.05) is 24.5 Å². The summed E-state index contributed by atoms with van der Waals surface area (Å²) in [6.45, 7) is 2.47. The summed E-state index contributed by atoms with van der Waals surface area (Å²) in [5.74, 6) is 3.42. The molecule has 2 aromatic rings. The summed E-state index contributed by atoms with van der Waals surface area (Å²) < 4.78 is 5.41. The van der Waals surface area contributed by atoms with Gasteiger partial charge in [-0.2, -0.15) is 0 Å². The van der Waals surface area contributed by atoms with Gasteiger partial charge in [-0.25, -0.2) is 0 Å². The summed E-state index contributed by atoms with van der Waals surface area (Å²) in [7, 11) is 1.62. The monoisotopic (exact) mass is 402 g/mol. The number of nitrogens with zero attached hydrogens (tertiary/aromatic N) is 1. The normalized spacial score (nSPS) is 28.5. The van der Waals surface area contributed by atoms with Crippen LogP contribution in [0.4, 0.5) is 11.4 Å². The van der Waals surface area contributed by atoms with Crippen LogP contribution in [0.5, 0.6) is 5.75 Å². The molecule has 2 aromatic carbocycles. The molecule has 0 saturated heterocycles. The second kappa shape index (κ2) is 7.04. The third-order valence-electron chi connectivity index (χ3n) is 8.12. The molecule has 2 fully saturated rings. The second-order valence-electron chi connectivity index (χ2n) is 9.66.